The molecule has 3 aromatic heterocycles. The van der Waals surface area contributed by atoms with Gasteiger partial charge in [0.1, 0.15) is 11.8 Å². The van der Waals surface area contributed by atoms with Gasteiger partial charge in [-0.05, 0) is 55.9 Å². The number of piperidine rings is 2. The molecule has 2 saturated heterocycles. The van der Waals surface area contributed by atoms with Crippen molar-refractivity contribution < 1.29 is 9.53 Å². The number of carbonyl (C=O) groups excluding carboxylic acids is 1. The highest BCUT2D eigenvalue weighted by atomic mass is 35.5. The summed E-state index contributed by atoms with van der Waals surface area (Å²) in [5.41, 5.74) is 1.96. The number of fused-ring (bicyclic) bond motifs is 3. The van der Waals surface area contributed by atoms with E-state index in [-0.39, 0.29) is 18.1 Å². The van der Waals surface area contributed by atoms with Crippen molar-refractivity contribution in [2.75, 3.05) is 6.54 Å². The summed E-state index contributed by atoms with van der Waals surface area (Å²) in [6.07, 6.45) is 9.45. The van der Waals surface area contributed by atoms with Crippen LogP contribution in [0.4, 0.5) is 0 Å². The van der Waals surface area contributed by atoms with E-state index in [0.717, 1.165) is 31.4 Å². The Labute approximate surface area is 185 Å². The maximum atomic E-state index is 13.7. The molecule has 1 amide bonds. The molecule has 7 nitrogen and oxygen atoms in total. The number of aryl methyl sites for hydroxylation is 1. The Hall–Kier alpha value is -3.06. The topological polar surface area (TPSA) is 81.1 Å². The average molecular weight is 436 g/mol. The van der Waals surface area contributed by atoms with Crippen LogP contribution in [-0.4, -0.2) is 49.4 Å². The third-order valence-electron chi connectivity index (χ3n) is 5.99. The monoisotopic (exact) mass is 435 g/mol. The summed E-state index contributed by atoms with van der Waals surface area (Å²) in [5, 5.41) is 0.567. The number of hydrogen-bond acceptors (Lipinski definition) is 6. The summed E-state index contributed by atoms with van der Waals surface area (Å²) in [5.74, 6) is 1.34. The van der Waals surface area contributed by atoms with E-state index in [1.807, 2.05) is 17.9 Å². The minimum Gasteiger partial charge on any atom is -0.472 e. The number of nitrogens with zero attached hydrogens (tertiary/aromatic N) is 5. The van der Waals surface area contributed by atoms with Gasteiger partial charge in [-0.25, -0.2) is 15.0 Å². The number of amides is 1. The van der Waals surface area contributed by atoms with Crippen LogP contribution in [0.2, 0.25) is 5.02 Å². The van der Waals surface area contributed by atoms with Gasteiger partial charge in [-0.2, -0.15) is 0 Å². The molecule has 3 aromatic rings. The van der Waals surface area contributed by atoms with E-state index in [9.17, 15) is 4.79 Å². The quantitative estimate of drug-likeness (QED) is 0.616. The first-order chi connectivity index (χ1) is 15.1. The molecule has 5 heterocycles. The lowest BCUT2D eigenvalue weighted by molar-refractivity contribution is -0.0313. The standard InChI is InChI=1S/C23H22ClN5O2/c1-14-9-17(21(28-11-14)22-25-7-2-8-26-22)23(30)29-13-15-3-5-18(29)19(10-15)31-20-6-4-16(24)12-27-20/h2,4,6-9,11-12,15,18-19H,3,5,10,13H2,1H3. The fourth-order valence-corrected chi connectivity index (χ4v) is 4.68. The van der Waals surface area contributed by atoms with Gasteiger partial charge in [0.05, 0.1) is 16.6 Å². The van der Waals surface area contributed by atoms with Crippen molar-refractivity contribution in [3.05, 3.63) is 65.2 Å². The maximum Gasteiger partial charge on any atom is 0.256 e. The first kappa shape index (κ1) is 19.9. The molecule has 0 aromatic carbocycles. The first-order valence-corrected chi connectivity index (χ1v) is 10.8. The molecule has 158 valence electrons. The van der Waals surface area contributed by atoms with E-state index in [0.29, 0.717) is 33.9 Å². The predicted molar refractivity (Wildman–Crippen MR) is 116 cm³/mol. The van der Waals surface area contributed by atoms with Crippen LogP contribution in [0.1, 0.15) is 35.2 Å². The van der Waals surface area contributed by atoms with Gasteiger partial charge in [0.15, 0.2) is 5.82 Å². The number of pyridine rings is 2. The average Bonchev–Trinajstić information content (AvgIpc) is 2.81. The number of ether oxygens (including phenoxy) is 1. The zero-order valence-electron chi connectivity index (χ0n) is 17.1. The Bertz CT molecular complexity index is 1090. The molecule has 6 rings (SSSR count). The summed E-state index contributed by atoms with van der Waals surface area (Å²) in [6.45, 7) is 2.65. The van der Waals surface area contributed by atoms with Gasteiger partial charge in [-0.15, -0.1) is 0 Å². The highest BCUT2D eigenvalue weighted by Crippen LogP contribution is 2.38. The Balaban J connectivity index is 1.44. The molecule has 0 radical (unpaired) electrons. The van der Waals surface area contributed by atoms with Crippen molar-refractivity contribution in [2.45, 2.75) is 38.3 Å². The second-order valence-corrected chi connectivity index (χ2v) is 8.59. The summed E-state index contributed by atoms with van der Waals surface area (Å²) in [6, 6.07) is 7.14. The van der Waals surface area contributed by atoms with E-state index in [4.69, 9.17) is 16.3 Å². The van der Waals surface area contributed by atoms with E-state index >= 15 is 0 Å². The van der Waals surface area contributed by atoms with Gasteiger partial charge in [0.25, 0.3) is 5.91 Å². The predicted octanol–water partition coefficient (Wildman–Crippen LogP) is 3.97. The molecule has 3 aliphatic rings. The normalized spacial score (nSPS) is 22.4. The molecule has 1 saturated carbocycles. The van der Waals surface area contributed by atoms with Gasteiger partial charge < -0.3 is 9.64 Å². The smallest absolute Gasteiger partial charge is 0.256 e. The van der Waals surface area contributed by atoms with Crippen molar-refractivity contribution in [2.24, 2.45) is 5.92 Å². The summed E-state index contributed by atoms with van der Waals surface area (Å²) in [4.78, 5) is 33.0. The number of halogens is 1. The molecule has 31 heavy (non-hydrogen) atoms. The highest BCUT2D eigenvalue weighted by Gasteiger charge is 2.45. The molecule has 0 spiro atoms. The van der Waals surface area contributed by atoms with Gasteiger partial charge >= 0.3 is 0 Å². The highest BCUT2D eigenvalue weighted by molar-refractivity contribution is 6.30. The molecule has 1 aliphatic carbocycles. The van der Waals surface area contributed by atoms with E-state index in [2.05, 4.69) is 19.9 Å². The van der Waals surface area contributed by atoms with Crippen LogP contribution in [0, 0.1) is 12.8 Å². The Morgan fingerprint density at radius 2 is 1.97 bits per heavy atom. The number of rotatable bonds is 4. The van der Waals surface area contributed by atoms with E-state index in [1.54, 1.807) is 43.0 Å². The van der Waals surface area contributed by atoms with Gasteiger partial charge in [-0.1, -0.05) is 11.6 Å². The zero-order chi connectivity index (χ0) is 21.4. The lowest BCUT2D eigenvalue weighted by Crippen LogP contribution is -2.59. The molecule has 0 N–H and O–H groups in total. The van der Waals surface area contributed by atoms with Crippen LogP contribution in [0.3, 0.4) is 0 Å². The van der Waals surface area contributed by atoms with Gasteiger partial charge in [0, 0.05) is 37.4 Å². The third-order valence-corrected chi connectivity index (χ3v) is 6.21. The maximum absolute atomic E-state index is 13.7. The second-order valence-electron chi connectivity index (χ2n) is 8.16. The number of aromatic nitrogens is 4. The summed E-state index contributed by atoms with van der Waals surface area (Å²) < 4.78 is 6.20. The SMILES string of the molecule is Cc1cnc(-c2ncccn2)c(C(=O)N2CC3CCC2C(Oc2ccc(Cl)cn2)C3)c1. The molecule has 8 heteroatoms. The van der Waals surface area contributed by atoms with Crippen LogP contribution < -0.4 is 4.74 Å². The molecule has 3 fully saturated rings. The Morgan fingerprint density at radius 1 is 1.13 bits per heavy atom. The summed E-state index contributed by atoms with van der Waals surface area (Å²) in [7, 11) is 0. The van der Waals surface area contributed by atoms with Crippen molar-refractivity contribution in [3.63, 3.8) is 0 Å². The number of carbonyl (C=O) groups is 1. The molecule has 3 atom stereocenters. The van der Waals surface area contributed by atoms with Gasteiger partial charge in [0.2, 0.25) is 5.88 Å². The van der Waals surface area contributed by atoms with Crippen molar-refractivity contribution >= 4 is 17.5 Å². The van der Waals surface area contributed by atoms with Crippen LogP contribution in [-0.2, 0) is 0 Å². The van der Waals surface area contributed by atoms with E-state index in [1.165, 1.54) is 0 Å². The second kappa shape index (κ2) is 8.23. The minimum absolute atomic E-state index is 0.0139. The first-order valence-electron chi connectivity index (χ1n) is 10.4. The minimum atomic E-state index is -0.0979. The van der Waals surface area contributed by atoms with Crippen molar-refractivity contribution in [3.8, 4) is 17.4 Å². The van der Waals surface area contributed by atoms with Crippen LogP contribution in [0.25, 0.3) is 11.5 Å². The molecular formula is C23H22ClN5O2. The Morgan fingerprint density at radius 3 is 2.71 bits per heavy atom. The fourth-order valence-electron chi connectivity index (χ4n) is 4.57. The zero-order valence-corrected chi connectivity index (χ0v) is 17.9. The Kier molecular flexibility index (Phi) is 5.28. The molecule has 2 aliphatic heterocycles. The fraction of sp³-hybridized carbons (Fsp3) is 0.348. The summed E-state index contributed by atoms with van der Waals surface area (Å²) >= 11 is 5.94. The molecule has 3 unspecified atom stereocenters. The number of hydrogen-bond donors (Lipinski definition) is 0. The molecular weight excluding hydrogens is 414 g/mol. The van der Waals surface area contributed by atoms with Crippen LogP contribution >= 0.6 is 11.6 Å². The lowest BCUT2D eigenvalue weighted by atomic mass is 9.77. The third kappa shape index (κ3) is 3.97. The molecule has 2 bridgehead atoms. The van der Waals surface area contributed by atoms with Crippen LogP contribution in [0.15, 0.2) is 49.1 Å². The van der Waals surface area contributed by atoms with Crippen molar-refractivity contribution in [1.29, 1.82) is 0 Å². The van der Waals surface area contributed by atoms with Crippen molar-refractivity contribution in [1.82, 2.24) is 24.8 Å². The largest absolute Gasteiger partial charge is 0.472 e. The van der Waals surface area contributed by atoms with Gasteiger partial charge in [-0.3, -0.25) is 9.78 Å². The van der Waals surface area contributed by atoms with Crippen LogP contribution in [0.5, 0.6) is 5.88 Å². The lowest BCUT2D eigenvalue weighted by Gasteiger charge is -2.49. The van der Waals surface area contributed by atoms with E-state index < -0.39 is 0 Å².